The minimum absolute atomic E-state index is 0.0646. The highest BCUT2D eigenvalue weighted by atomic mass is 35.5. The van der Waals surface area contributed by atoms with Gasteiger partial charge in [-0.15, -0.1) is 0 Å². The fourth-order valence-electron chi connectivity index (χ4n) is 3.57. The quantitative estimate of drug-likeness (QED) is 0.198. The maximum Gasteiger partial charge on any atom is 0.264 e. The molecular weight excluding hydrogens is 538 g/mol. The first-order chi connectivity index (χ1) is 18.8. The lowest BCUT2D eigenvalue weighted by Crippen LogP contribution is -2.39. The molecule has 0 aromatic heterocycles. The van der Waals surface area contributed by atoms with Crippen molar-refractivity contribution in [2.75, 3.05) is 18.0 Å². The third-order valence-electron chi connectivity index (χ3n) is 5.56. The molecule has 1 N–H and O–H groups in total. The van der Waals surface area contributed by atoms with E-state index in [1.54, 1.807) is 72.8 Å². The summed E-state index contributed by atoms with van der Waals surface area (Å²) in [6, 6.07) is 28.9. The smallest absolute Gasteiger partial charge is 0.264 e. The van der Waals surface area contributed by atoms with E-state index >= 15 is 0 Å². The Kier molecular flexibility index (Phi) is 9.19. The average molecular weight is 564 g/mol. The number of anilines is 1. The Morgan fingerprint density at radius 3 is 2.28 bits per heavy atom. The van der Waals surface area contributed by atoms with Gasteiger partial charge in [0.15, 0.2) is 0 Å². The molecule has 4 rings (SSSR count). The van der Waals surface area contributed by atoms with Crippen LogP contribution in [0, 0.1) is 0 Å². The first kappa shape index (κ1) is 27.7. The highest BCUT2D eigenvalue weighted by molar-refractivity contribution is 7.92. The molecule has 4 aromatic carbocycles. The normalized spacial score (nSPS) is 11.2. The highest BCUT2D eigenvalue weighted by Crippen LogP contribution is 2.25. The second-order valence-electron chi connectivity index (χ2n) is 8.30. The SMILES string of the molecule is COc1ccc(N(CC(=O)N/N=C\c2ccc(OCc3cccc(Cl)c3)cc2)S(=O)(=O)c2ccccc2)cc1. The van der Waals surface area contributed by atoms with Gasteiger partial charge in [0.05, 0.1) is 23.9 Å². The zero-order chi connectivity index (χ0) is 27.7. The maximum absolute atomic E-state index is 13.4. The second kappa shape index (κ2) is 12.9. The first-order valence-electron chi connectivity index (χ1n) is 11.9. The number of halogens is 1. The van der Waals surface area contributed by atoms with Gasteiger partial charge < -0.3 is 9.47 Å². The lowest BCUT2D eigenvalue weighted by molar-refractivity contribution is -0.119. The van der Waals surface area contributed by atoms with Crippen LogP contribution >= 0.6 is 11.6 Å². The van der Waals surface area contributed by atoms with Gasteiger partial charge in [0.2, 0.25) is 0 Å². The van der Waals surface area contributed by atoms with Crippen LogP contribution in [0.15, 0.2) is 113 Å². The summed E-state index contributed by atoms with van der Waals surface area (Å²) in [5.74, 6) is 0.617. The summed E-state index contributed by atoms with van der Waals surface area (Å²) < 4.78 is 38.7. The van der Waals surface area contributed by atoms with Crippen molar-refractivity contribution in [3.05, 3.63) is 119 Å². The predicted molar refractivity (Wildman–Crippen MR) is 152 cm³/mol. The maximum atomic E-state index is 13.4. The van der Waals surface area contributed by atoms with Crippen LogP contribution in [0.5, 0.6) is 11.5 Å². The minimum atomic E-state index is -4.02. The van der Waals surface area contributed by atoms with Crippen LogP contribution in [0.2, 0.25) is 5.02 Å². The molecule has 0 bridgehead atoms. The fourth-order valence-corrected chi connectivity index (χ4v) is 5.23. The summed E-state index contributed by atoms with van der Waals surface area (Å²) in [7, 11) is -2.51. The van der Waals surface area contributed by atoms with Gasteiger partial charge in [0.1, 0.15) is 24.7 Å². The lowest BCUT2D eigenvalue weighted by atomic mass is 10.2. The second-order valence-corrected chi connectivity index (χ2v) is 10.6. The molecule has 0 spiro atoms. The number of benzene rings is 4. The van der Waals surface area contributed by atoms with Crippen LogP contribution in [0.1, 0.15) is 11.1 Å². The van der Waals surface area contributed by atoms with Crippen molar-refractivity contribution in [3.63, 3.8) is 0 Å². The summed E-state index contributed by atoms with van der Waals surface area (Å²) in [6.07, 6.45) is 1.46. The van der Waals surface area contributed by atoms with E-state index < -0.39 is 22.5 Å². The van der Waals surface area contributed by atoms with Gasteiger partial charge in [-0.25, -0.2) is 13.8 Å². The van der Waals surface area contributed by atoms with Crippen LogP contribution in [-0.4, -0.2) is 34.2 Å². The third kappa shape index (κ3) is 7.59. The molecule has 0 aliphatic rings. The van der Waals surface area contributed by atoms with E-state index in [4.69, 9.17) is 21.1 Å². The number of hydrogen-bond acceptors (Lipinski definition) is 6. The van der Waals surface area contributed by atoms with Crippen LogP contribution in [0.3, 0.4) is 0 Å². The number of methoxy groups -OCH3 is 1. The average Bonchev–Trinajstić information content (AvgIpc) is 2.96. The van der Waals surface area contributed by atoms with Crippen LogP contribution in [-0.2, 0) is 21.4 Å². The lowest BCUT2D eigenvalue weighted by Gasteiger charge is -2.23. The number of rotatable bonds is 11. The molecule has 0 saturated carbocycles. The van der Waals surface area contributed by atoms with Gasteiger partial charge in [-0.05, 0) is 83.9 Å². The summed E-state index contributed by atoms with van der Waals surface area (Å²) >= 11 is 6.00. The van der Waals surface area contributed by atoms with Gasteiger partial charge >= 0.3 is 0 Å². The Hall–Kier alpha value is -4.34. The summed E-state index contributed by atoms with van der Waals surface area (Å²) in [5.41, 5.74) is 4.38. The number of ether oxygens (including phenoxy) is 2. The van der Waals surface area contributed by atoms with Crippen molar-refractivity contribution in [1.82, 2.24) is 5.43 Å². The third-order valence-corrected chi connectivity index (χ3v) is 7.58. The van der Waals surface area contributed by atoms with E-state index in [1.807, 2.05) is 18.2 Å². The Labute approximate surface area is 232 Å². The van der Waals surface area contributed by atoms with E-state index in [1.165, 1.54) is 25.5 Å². The Morgan fingerprint density at radius 1 is 0.923 bits per heavy atom. The molecule has 0 atom stereocenters. The summed E-state index contributed by atoms with van der Waals surface area (Å²) in [4.78, 5) is 12.8. The number of hydrazone groups is 1. The molecule has 0 unspecified atom stereocenters. The van der Waals surface area contributed by atoms with Crippen molar-refractivity contribution in [1.29, 1.82) is 0 Å². The molecule has 4 aromatic rings. The Bertz CT molecular complexity index is 1530. The minimum Gasteiger partial charge on any atom is -0.497 e. The van der Waals surface area contributed by atoms with E-state index in [2.05, 4.69) is 10.5 Å². The van der Waals surface area contributed by atoms with Crippen molar-refractivity contribution >= 4 is 39.4 Å². The van der Waals surface area contributed by atoms with Gasteiger partial charge in [-0.1, -0.05) is 41.9 Å². The molecule has 10 heteroatoms. The van der Waals surface area contributed by atoms with E-state index in [-0.39, 0.29) is 4.90 Å². The molecule has 8 nitrogen and oxygen atoms in total. The van der Waals surface area contributed by atoms with Crippen molar-refractivity contribution in [3.8, 4) is 11.5 Å². The van der Waals surface area contributed by atoms with Crippen molar-refractivity contribution in [2.24, 2.45) is 5.10 Å². The highest BCUT2D eigenvalue weighted by Gasteiger charge is 2.27. The van der Waals surface area contributed by atoms with Gasteiger partial charge in [0.25, 0.3) is 15.9 Å². The molecular formula is C29H26ClN3O5S. The molecule has 1 amide bonds. The molecule has 39 heavy (non-hydrogen) atoms. The molecule has 0 radical (unpaired) electrons. The number of carbonyl (C=O) groups excluding carboxylic acids is 1. The zero-order valence-electron chi connectivity index (χ0n) is 21.0. The van der Waals surface area contributed by atoms with Gasteiger partial charge in [-0.2, -0.15) is 5.10 Å². The number of nitrogens with zero attached hydrogens (tertiary/aromatic N) is 2. The van der Waals surface area contributed by atoms with Crippen LogP contribution in [0.25, 0.3) is 0 Å². The Balaban J connectivity index is 1.40. The molecule has 0 aliphatic heterocycles. The van der Waals surface area contributed by atoms with E-state index in [0.717, 1.165) is 9.87 Å². The van der Waals surface area contributed by atoms with Gasteiger partial charge in [-0.3, -0.25) is 9.10 Å². The van der Waals surface area contributed by atoms with E-state index in [9.17, 15) is 13.2 Å². The predicted octanol–water partition coefficient (Wildman–Crippen LogP) is 5.27. The molecule has 0 fully saturated rings. The number of amides is 1. The van der Waals surface area contributed by atoms with Gasteiger partial charge in [0, 0.05) is 5.02 Å². The number of hydrogen-bond donors (Lipinski definition) is 1. The standard InChI is InChI=1S/C29H26ClN3O5S/c1-37-26-16-12-25(13-17-26)33(39(35,36)28-8-3-2-4-9-28)20-29(34)32-31-19-22-10-14-27(15-11-22)38-21-23-6-5-7-24(30)18-23/h2-19H,20-21H2,1H3,(H,32,34)/b31-19-. The number of nitrogens with one attached hydrogen (secondary N) is 1. The van der Waals surface area contributed by atoms with Crippen LogP contribution < -0.4 is 19.2 Å². The van der Waals surface area contributed by atoms with E-state index in [0.29, 0.717) is 34.4 Å². The summed E-state index contributed by atoms with van der Waals surface area (Å²) in [5, 5.41) is 4.63. The van der Waals surface area contributed by atoms with Crippen molar-refractivity contribution < 1.29 is 22.7 Å². The molecule has 0 heterocycles. The van der Waals surface area contributed by atoms with Crippen LogP contribution in [0.4, 0.5) is 5.69 Å². The molecule has 0 aliphatic carbocycles. The summed E-state index contributed by atoms with van der Waals surface area (Å²) in [6.45, 7) is -0.0994. The zero-order valence-corrected chi connectivity index (χ0v) is 22.6. The number of sulfonamides is 1. The number of carbonyl (C=O) groups is 1. The molecule has 200 valence electrons. The molecule has 0 saturated heterocycles. The largest absolute Gasteiger partial charge is 0.497 e. The first-order valence-corrected chi connectivity index (χ1v) is 13.7. The Morgan fingerprint density at radius 2 is 1.62 bits per heavy atom. The van der Waals surface area contributed by atoms with Crippen molar-refractivity contribution in [2.45, 2.75) is 11.5 Å². The topological polar surface area (TPSA) is 97.3 Å². The fraction of sp³-hybridized carbons (Fsp3) is 0.103. The monoisotopic (exact) mass is 563 g/mol.